The standard InChI is InChI=1S/C15H26N4O2.ClH/c1-12(2)19-9-4-13(18-19)14(20)17-10-15(11-21-3)5-7-16-8-6-15;/h4,9,12,16H,5-8,10-11H2,1-3H3,(H,17,20);1H. The Hall–Kier alpha value is -1.11. The minimum absolute atomic E-state index is 0. The summed E-state index contributed by atoms with van der Waals surface area (Å²) in [6.45, 7) is 7.34. The van der Waals surface area contributed by atoms with Crippen molar-refractivity contribution in [2.24, 2.45) is 5.41 Å². The lowest BCUT2D eigenvalue weighted by Crippen LogP contribution is -2.47. The van der Waals surface area contributed by atoms with Gasteiger partial charge in [0.2, 0.25) is 0 Å². The van der Waals surface area contributed by atoms with Crippen LogP contribution in [0.15, 0.2) is 12.3 Å². The zero-order valence-corrected chi connectivity index (χ0v) is 14.4. The summed E-state index contributed by atoms with van der Waals surface area (Å²) < 4.78 is 7.16. The van der Waals surface area contributed by atoms with Crippen molar-refractivity contribution in [2.75, 3.05) is 33.4 Å². The Morgan fingerprint density at radius 3 is 2.73 bits per heavy atom. The smallest absolute Gasteiger partial charge is 0.271 e. The van der Waals surface area contributed by atoms with Crippen LogP contribution in [0.1, 0.15) is 43.2 Å². The van der Waals surface area contributed by atoms with E-state index >= 15 is 0 Å². The summed E-state index contributed by atoms with van der Waals surface area (Å²) in [7, 11) is 1.72. The molecule has 1 aromatic rings. The number of ether oxygens (including phenoxy) is 1. The second-order valence-electron chi connectivity index (χ2n) is 6.14. The number of aromatic nitrogens is 2. The molecule has 2 rings (SSSR count). The van der Waals surface area contributed by atoms with E-state index in [-0.39, 0.29) is 29.8 Å². The van der Waals surface area contributed by atoms with E-state index in [4.69, 9.17) is 4.74 Å². The largest absolute Gasteiger partial charge is 0.384 e. The normalized spacial score (nSPS) is 17.1. The van der Waals surface area contributed by atoms with E-state index in [2.05, 4.69) is 15.7 Å². The molecule has 0 aliphatic carbocycles. The Morgan fingerprint density at radius 2 is 2.18 bits per heavy atom. The minimum Gasteiger partial charge on any atom is -0.384 e. The summed E-state index contributed by atoms with van der Waals surface area (Å²) >= 11 is 0. The number of rotatable bonds is 6. The van der Waals surface area contributed by atoms with Gasteiger partial charge in [-0.05, 0) is 45.8 Å². The molecule has 0 atom stereocenters. The summed E-state index contributed by atoms with van der Waals surface area (Å²) in [5.41, 5.74) is 0.515. The van der Waals surface area contributed by atoms with E-state index in [9.17, 15) is 4.79 Å². The highest BCUT2D eigenvalue weighted by molar-refractivity contribution is 5.92. The molecule has 22 heavy (non-hydrogen) atoms. The van der Waals surface area contributed by atoms with Crippen molar-refractivity contribution in [1.82, 2.24) is 20.4 Å². The highest BCUT2D eigenvalue weighted by Gasteiger charge is 2.32. The van der Waals surface area contributed by atoms with Crippen LogP contribution in [0.4, 0.5) is 0 Å². The first kappa shape index (κ1) is 18.9. The summed E-state index contributed by atoms with van der Waals surface area (Å²) in [4.78, 5) is 12.2. The lowest BCUT2D eigenvalue weighted by atomic mass is 9.79. The van der Waals surface area contributed by atoms with Crippen LogP contribution in [0.2, 0.25) is 0 Å². The fourth-order valence-electron chi connectivity index (χ4n) is 2.74. The number of hydrogen-bond acceptors (Lipinski definition) is 4. The average molecular weight is 331 g/mol. The molecule has 0 radical (unpaired) electrons. The average Bonchev–Trinajstić information content (AvgIpc) is 2.96. The van der Waals surface area contributed by atoms with Gasteiger partial charge in [0, 0.05) is 31.3 Å². The van der Waals surface area contributed by atoms with Crippen LogP contribution in [0, 0.1) is 5.41 Å². The lowest BCUT2D eigenvalue weighted by molar-refractivity contribution is 0.0510. The third-order valence-electron chi connectivity index (χ3n) is 4.11. The Morgan fingerprint density at radius 1 is 1.50 bits per heavy atom. The van der Waals surface area contributed by atoms with Crippen LogP contribution in [0.3, 0.4) is 0 Å². The van der Waals surface area contributed by atoms with E-state index < -0.39 is 0 Å². The molecular formula is C15H27ClN4O2. The summed E-state index contributed by atoms with van der Waals surface area (Å²) in [6, 6.07) is 2.02. The second-order valence-corrected chi connectivity index (χ2v) is 6.14. The minimum atomic E-state index is -0.108. The molecule has 0 bridgehead atoms. The number of hydrogen-bond donors (Lipinski definition) is 2. The van der Waals surface area contributed by atoms with Crippen LogP contribution < -0.4 is 10.6 Å². The molecule has 1 amide bonds. The number of nitrogens with one attached hydrogen (secondary N) is 2. The molecule has 0 aromatic carbocycles. The molecule has 7 heteroatoms. The highest BCUT2D eigenvalue weighted by atomic mass is 35.5. The number of methoxy groups -OCH3 is 1. The molecule has 1 aliphatic rings. The Balaban J connectivity index is 0.00000242. The molecule has 0 spiro atoms. The molecule has 0 saturated carbocycles. The quantitative estimate of drug-likeness (QED) is 0.832. The van der Waals surface area contributed by atoms with E-state index in [0.717, 1.165) is 25.9 Å². The summed E-state index contributed by atoms with van der Waals surface area (Å²) in [5, 5.41) is 10.7. The lowest BCUT2D eigenvalue weighted by Gasteiger charge is -2.37. The number of amides is 1. The van der Waals surface area contributed by atoms with Crippen molar-refractivity contribution in [3.8, 4) is 0 Å². The zero-order chi connectivity index (χ0) is 15.3. The molecule has 2 N–H and O–H groups in total. The van der Waals surface area contributed by atoms with Gasteiger partial charge in [0.25, 0.3) is 5.91 Å². The van der Waals surface area contributed by atoms with Gasteiger partial charge in [-0.25, -0.2) is 0 Å². The van der Waals surface area contributed by atoms with Crippen molar-refractivity contribution in [1.29, 1.82) is 0 Å². The van der Waals surface area contributed by atoms with Gasteiger partial charge in [0.1, 0.15) is 5.69 Å². The van der Waals surface area contributed by atoms with E-state index in [1.165, 1.54) is 0 Å². The Labute approximate surface area is 138 Å². The van der Waals surface area contributed by atoms with Crippen LogP contribution in [0.5, 0.6) is 0 Å². The molecule has 2 heterocycles. The van der Waals surface area contributed by atoms with E-state index in [1.807, 2.05) is 20.0 Å². The predicted octanol–water partition coefficient (Wildman–Crippen LogP) is 1.63. The molecule has 1 aliphatic heterocycles. The first-order chi connectivity index (χ1) is 10.1. The topological polar surface area (TPSA) is 68.2 Å². The molecule has 6 nitrogen and oxygen atoms in total. The van der Waals surface area contributed by atoms with Crippen molar-refractivity contribution in [3.63, 3.8) is 0 Å². The fraction of sp³-hybridized carbons (Fsp3) is 0.733. The monoisotopic (exact) mass is 330 g/mol. The number of nitrogens with zero attached hydrogens (tertiary/aromatic N) is 2. The molecule has 1 fully saturated rings. The van der Waals surface area contributed by atoms with Gasteiger partial charge in [-0.15, -0.1) is 12.4 Å². The van der Waals surface area contributed by atoms with Crippen LogP contribution in [0.25, 0.3) is 0 Å². The first-order valence-electron chi connectivity index (χ1n) is 7.59. The molecule has 126 valence electrons. The maximum Gasteiger partial charge on any atom is 0.271 e. The number of carbonyl (C=O) groups is 1. The second kappa shape index (κ2) is 8.50. The van der Waals surface area contributed by atoms with Gasteiger partial charge in [-0.3, -0.25) is 9.48 Å². The van der Waals surface area contributed by atoms with Gasteiger partial charge < -0.3 is 15.4 Å². The van der Waals surface area contributed by atoms with Gasteiger partial charge in [0.05, 0.1) is 6.61 Å². The third-order valence-corrected chi connectivity index (χ3v) is 4.11. The van der Waals surface area contributed by atoms with Crippen LogP contribution in [-0.2, 0) is 4.74 Å². The Bertz CT molecular complexity index is 464. The fourth-order valence-corrected chi connectivity index (χ4v) is 2.74. The van der Waals surface area contributed by atoms with Crippen LogP contribution in [-0.4, -0.2) is 49.0 Å². The van der Waals surface area contributed by atoms with E-state index in [0.29, 0.717) is 18.8 Å². The Kier molecular flexibility index (Phi) is 7.32. The number of halogens is 1. The molecule has 1 aromatic heterocycles. The maximum absolute atomic E-state index is 12.2. The maximum atomic E-state index is 12.2. The SMILES string of the molecule is COCC1(CNC(=O)c2ccn(C(C)C)n2)CCNCC1.Cl. The third kappa shape index (κ3) is 4.69. The van der Waals surface area contributed by atoms with Crippen molar-refractivity contribution >= 4 is 18.3 Å². The predicted molar refractivity (Wildman–Crippen MR) is 88.6 cm³/mol. The zero-order valence-electron chi connectivity index (χ0n) is 13.6. The molecule has 1 saturated heterocycles. The number of carbonyl (C=O) groups excluding carboxylic acids is 1. The van der Waals surface area contributed by atoms with Crippen molar-refractivity contribution in [3.05, 3.63) is 18.0 Å². The highest BCUT2D eigenvalue weighted by Crippen LogP contribution is 2.28. The van der Waals surface area contributed by atoms with Crippen molar-refractivity contribution in [2.45, 2.75) is 32.7 Å². The number of piperidine rings is 1. The summed E-state index contributed by atoms with van der Waals surface area (Å²) in [5.74, 6) is -0.108. The van der Waals surface area contributed by atoms with Crippen LogP contribution >= 0.6 is 12.4 Å². The van der Waals surface area contributed by atoms with Gasteiger partial charge in [-0.2, -0.15) is 5.10 Å². The van der Waals surface area contributed by atoms with Crippen molar-refractivity contribution < 1.29 is 9.53 Å². The van der Waals surface area contributed by atoms with E-state index in [1.54, 1.807) is 17.9 Å². The summed E-state index contributed by atoms with van der Waals surface area (Å²) in [6.07, 6.45) is 3.87. The molecule has 0 unspecified atom stereocenters. The first-order valence-corrected chi connectivity index (χ1v) is 7.59. The van der Waals surface area contributed by atoms with Gasteiger partial charge >= 0.3 is 0 Å². The van der Waals surface area contributed by atoms with Gasteiger partial charge in [0.15, 0.2) is 0 Å². The molecular weight excluding hydrogens is 304 g/mol. The van der Waals surface area contributed by atoms with Gasteiger partial charge in [-0.1, -0.05) is 0 Å².